The standard InChI is InChI=1S/C12H14BrF3N2/c13-5-3-9-4-6-18(8-9)11-2-1-10(7-17-11)12(14,15)16/h1-2,7,9H,3-6,8H2. The molecular formula is C12H14BrF3N2. The first-order valence-corrected chi connectivity index (χ1v) is 6.97. The predicted molar refractivity (Wildman–Crippen MR) is 68.0 cm³/mol. The van der Waals surface area contributed by atoms with Crippen LogP contribution in [-0.4, -0.2) is 23.4 Å². The van der Waals surface area contributed by atoms with Crippen molar-refractivity contribution in [1.29, 1.82) is 0 Å². The Balaban J connectivity index is 2.03. The third-order valence-corrected chi connectivity index (χ3v) is 3.66. The molecule has 0 bridgehead atoms. The smallest absolute Gasteiger partial charge is 0.356 e. The SMILES string of the molecule is FC(F)(F)c1ccc(N2CCC(CCBr)C2)nc1. The van der Waals surface area contributed by atoms with Crippen LogP contribution in [-0.2, 0) is 6.18 Å². The van der Waals surface area contributed by atoms with Crippen molar-refractivity contribution in [1.82, 2.24) is 4.98 Å². The molecule has 0 amide bonds. The van der Waals surface area contributed by atoms with Crippen LogP contribution in [0.25, 0.3) is 0 Å². The highest BCUT2D eigenvalue weighted by atomic mass is 79.9. The molecule has 100 valence electrons. The largest absolute Gasteiger partial charge is 0.417 e. The monoisotopic (exact) mass is 322 g/mol. The van der Waals surface area contributed by atoms with Crippen LogP contribution < -0.4 is 4.90 Å². The molecule has 18 heavy (non-hydrogen) atoms. The summed E-state index contributed by atoms with van der Waals surface area (Å²) in [6.07, 6.45) is -1.23. The highest BCUT2D eigenvalue weighted by Gasteiger charge is 2.31. The summed E-state index contributed by atoms with van der Waals surface area (Å²) in [7, 11) is 0. The van der Waals surface area contributed by atoms with Gasteiger partial charge < -0.3 is 4.90 Å². The molecule has 1 saturated heterocycles. The molecule has 0 aliphatic carbocycles. The number of hydrogen-bond acceptors (Lipinski definition) is 2. The lowest BCUT2D eigenvalue weighted by atomic mass is 10.1. The summed E-state index contributed by atoms with van der Waals surface area (Å²) < 4.78 is 37.2. The van der Waals surface area contributed by atoms with E-state index >= 15 is 0 Å². The topological polar surface area (TPSA) is 16.1 Å². The van der Waals surface area contributed by atoms with Crippen molar-refractivity contribution in [3.05, 3.63) is 23.9 Å². The molecule has 1 unspecified atom stereocenters. The molecule has 1 atom stereocenters. The fourth-order valence-electron chi connectivity index (χ4n) is 2.17. The van der Waals surface area contributed by atoms with Crippen molar-refractivity contribution >= 4 is 21.7 Å². The fraction of sp³-hybridized carbons (Fsp3) is 0.583. The molecular weight excluding hydrogens is 309 g/mol. The Hall–Kier alpha value is -0.780. The summed E-state index contributed by atoms with van der Waals surface area (Å²) in [6, 6.07) is 2.56. The van der Waals surface area contributed by atoms with Crippen LogP contribution in [0.1, 0.15) is 18.4 Å². The van der Waals surface area contributed by atoms with Crippen LogP contribution >= 0.6 is 15.9 Å². The second-order valence-electron chi connectivity index (χ2n) is 4.48. The Morgan fingerprint density at radius 1 is 1.39 bits per heavy atom. The molecule has 0 saturated carbocycles. The van der Waals surface area contributed by atoms with Gasteiger partial charge >= 0.3 is 6.18 Å². The number of rotatable bonds is 3. The maximum absolute atomic E-state index is 12.4. The van der Waals surface area contributed by atoms with Gasteiger partial charge in [-0.25, -0.2) is 4.98 Å². The van der Waals surface area contributed by atoms with Gasteiger partial charge in [0, 0.05) is 24.6 Å². The third-order valence-electron chi connectivity index (χ3n) is 3.20. The van der Waals surface area contributed by atoms with Gasteiger partial charge in [0.2, 0.25) is 0 Å². The second-order valence-corrected chi connectivity index (χ2v) is 5.27. The van der Waals surface area contributed by atoms with E-state index in [1.54, 1.807) is 0 Å². The van der Waals surface area contributed by atoms with Crippen molar-refractivity contribution in [2.45, 2.75) is 19.0 Å². The molecule has 1 aromatic heterocycles. The van der Waals surface area contributed by atoms with Crippen LogP contribution in [0.2, 0.25) is 0 Å². The molecule has 2 rings (SSSR count). The molecule has 0 aromatic carbocycles. The van der Waals surface area contributed by atoms with E-state index in [1.165, 1.54) is 6.07 Å². The molecule has 1 aliphatic heterocycles. The van der Waals surface area contributed by atoms with E-state index in [0.29, 0.717) is 11.7 Å². The Morgan fingerprint density at radius 2 is 2.17 bits per heavy atom. The molecule has 2 nitrogen and oxygen atoms in total. The number of alkyl halides is 4. The lowest BCUT2D eigenvalue weighted by Crippen LogP contribution is -2.21. The average molecular weight is 323 g/mol. The van der Waals surface area contributed by atoms with Gasteiger partial charge in [0.05, 0.1) is 5.56 Å². The van der Waals surface area contributed by atoms with Crippen LogP contribution in [0.4, 0.5) is 19.0 Å². The summed E-state index contributed by atoms with van der Waals surface area (Å²) in [5.41, 5.74) is -0.692. The van der Waals surface area contributed by atoms with Crippen LogP contribution in [0.5, 0.6) is 0 Å². The van der Waals surface area contributed by atoms with Gasteiger partial charge in [-0.05, 0) is 30.9 Å². The van der Waals surface area contributed by atoms with Gasteiger partial charge in [-0.3, -0.25) is 0 Å². The van der Waals surface area contributed by atoms with Crippen LogP contribution in [0.15, 0.2) is 18.3 Å². The first kappa shape index (κ1) is 13.6. The van der Waals surface area contributed by atoms with E-state index in [1.807, 2.05) is 4.90 Å². The van der Waals surface area contributed by atoms with Crippen LogP contribution in [0, 0.1) is 5.92 Å². The fourth-order valence-corrected chi connectivity index (χ4v) is 2.82. The molecule has 0 spiro atoms. The van der Waals surface area contributed by atoms with Crippen molar-refractivity contribution in [2.24, 2.45) is 5.92 Å². The summed E-state index contributed by atoms with van der Waals surface area (Å²) in [4.78, 5) is 5.97. The van der Waals surface area contributed by atoms with E-state index in [0.717, 1.165) is 43.5 Å². The van der Waals surface area contributed by atoms with Gasteiger partial charge in [0.15, 0.2) is 0 Å². The molecule has 0 N–H and O–H groups in total. The van der Waals surface area contributed by atoms with E-state index in [2.05, 4.69) is 20.9 Å². The van der Waals surface area contributed by atoms with E-state index in [4.69, 9.17) is 0 Å². The van der Waals surface area contributed by atoms with Crippen molar-refractivity contribution in [2.75, 3.05) is 23.3 Å². The summed E-state index contributed by atoms with van der Waals surface area (Å²) >= 11 is 3.41. The lowest BCUT2D eigenvalue weighted by Gasteiger charge is -2.18. The number of hydrogen-bond donors (Lipinski definition) is 0. The van der Waals surface area contributed by atoms with E-state index in [9.17, 15) is 13.2 Å². The minimum atomic E-state index is -4.31. The normalized spacial score (nSPS) is 20.4. The predicted octanol–water partition coefficient (Wildman–Crippen LogP) is 3.71. The number of halogens is 4. The molecule has 2 heterocycles. The van der Waals surface area contributed by atoms with Crippen molar-refractivity contribution in [3.8, 4) is 0 Å². The van der Waals surface area contributed by atoms with Gasteiger partial charge in [-0.15, -0.1) is 0 Å². The molecule has 0 radical (unpaired) electrons. The van der Waals surface area contributed by atoms with E-state index < -0.39 is 11.7 Å². The number of nitrogens with zero attached hydrogens (tertiary/aromatic N) is 2. The van der Waals surface area contributed by atoms with Gasteiger partial charge in [-0.2, -0.15) is 13.2 Å². The van der Waals surface area contributed by atoms with Crippen molar-refractivity contribution < 1.29 is 13.2 Å². The molecule has 6 heteroatoms. The Labute approximate surface area is 112 Å². The summed E-state index contributed by atoms with van der Waals surface area (Å²) in [5.74, 6) is 1.24. The first-order chi connectivity index (χ1) is 8.50. The zero-order valence-electron chi connectivity index (χ0n) is 9.75. The van der Waals surface area contributed by atoms with Crippen LogP contribution in [0.3, 0.4) is 0 Å². The summed E-state index contributed by atoms with van der Waals surface area (Å²) in [6.45, 7) is 1.75. The van der Waals surface area contributed by atoms with Gasteiger partial charge in [0.1, 0.15) is 5.82 Å². The Bertz CT molecular complexity index is 391. The lowest BCUT2D eigenvalue weighted by molar-refractivity contribution is -0.137. The maximum Gasteiger partial charge on any atom is 0.417 e. The second kappa shape index (κ2) is 5.47. The Morgan fingerprint density at radius 3 is 2.72 bits per heavy atom. The van der Waals surface area contributed by atoms with Crippen molar-refractivity contribution in [3.63, 3.8) is 0 Å². The minimum Gasteiger partial charge on any atom is -0.356 e. The molecule has 1 fully saturated rings. The quantitative estimate of drug-likeness (QED) is 0.789. The number of pyridine rings is 1. The highest BCUT2D eigenvalue weighted by Crippen LogP contribution is 2.30. The summed E-state index contributed by atoms with van der Waals surface area (Å²) in [5, 5.41) is 0.964. The maximum atomic E-state index is 12.4. The zero-order chi connectivity index (χ0) is 13.2. The first-order valence-electron chi connectivity index (χ1n) is 5.85. The number of aromatic nitrogens is 1. The molecule has 1 aromatic rings. The third kappa shape index (κ3) is 3.16. The Kier molecular flexibility index (Phi) is 4.14. The zero-order valence-corrected chi connectivity index (χ0v) is 11.3. The average Bonchev–Trinajstić information content (AvgIpc) is 2.77. The van der Waals surface area contributed by atoms with Gasteiger partial charge in [-0.1, -0.05) is 15.9 Å². The van der Waals surface area contributed by atoms with E-state index in [-0.39, 0.29) is 0 Å². The minimum absolute atomic E-state index is 0.605. The highest BCUT2D eigenvalue weighted by molar-refractivity contribution is 9.09. The molecule has 1 aliphatic rings. The number of anilines is 1. The van der Waals surface area contributed by atoms with Gasteiger partial charge in [0.25, 0.3) is 0 Å².